The third-order valence-corrected chi connectivity index (χ3v) is 5.66. The van der Waals surface area contributed by atoms with Crippen LogP contribution in [0, 0.1) is 0 Å². The highest BCUT2D eigenvalue weighted by molar-refractivity contribution is 5.95. The summed E-state index contributed by atoms with van der Waals surface area (Å²) < 4.78 is 2.11. The van der Waals surface area contributed by atoms with Crippen LogP contribution in [0.1, 0.15) is 45.9 Å². The number of hydrogen-bond donors (Lipinski definition) is 1. The van der Waals surface area contributed by atoms with Crippen molar-refractivity contribution in [2.75, 3.05) is 0 Å². The van der Waals surface area contributed by atoms with E-state index < -0.39 is 5.97 Å². The zero-order chi connectivity index (χ0) is 20.0. The van der Waals surface area contributed by atoms with Crippen LogP contribution in [0.5, 0.6) is 0 Å². The van der Waals surface area contributed by atoms with Crippen molar-refractivity contribution in [2.24, 2.45) is 7.05 Å². The third kappa shape index (κ3) is 3.29. The molecule has 4 aromatic rings. The molecule has 5 rings (SSSR count). The van der Waals surface area contributed by atoms with Crippen LogP contribution in [0.25, 0.3) is 22.0 Å². The minimum atomic E-state index is -0.912. The van der Waals surface area contributed by atoms with E-state index in [1.807, 2.05) is 37.6 Å². The molecule has 1 aliphatic carbocycles. The second kappa shape index (κ2) is 6.85. The minimum absolute atomic E-state index is 0.313. The lowest BCUT2D eigenvalue weighted by Crippen LogP contribution is -2.07. The first-order valence-corrected chi connectivity index (χ1v) is 9.80. The van der Waals surface area contributed by atoms with Gasteiger partial charge in [-0.2, -0.15) is 0 Å². The van der Waals surface area contributed by atoms with Crippen molar-refractivity contribution in [3.8, 4) is 11.1 Å². The number of fused-ring (bicyclic) bond motifs is 1. The van der Waals surface area contributed by atoms with Crippen LogP contribution in [0.4, 0.5) is 0 Å². The molecule has 1 fully saturated rings. The molecule has 5 nitrogen and oxygen atoms in total. The quantitative estimate of drug-likeness (QED) is 0.537. The lowest BCUT2D eigenvalue weighted by molar-refractivity contribution is 0.0695. The number of carboxylic acid groups (broad SMARTS) is 1. The van der Waals surface area contributed by atoms with Gasteiger partial charge in [-0.05, 0) is 71.8 Å². The number of aromatic nitrogens is 3. The van der Waals surface area contributed by atoms with Crippen molar-refractivity contribution in [1.29, 1.82) is 0 Å². The van der Waals surface area contributed by atoms with Crippen molar-refractivity contribution >= 4 is 16.9 Å². The molecule has 1 saturated carbocycles. The fraction of sp³-hybridized carbons (Fsp3) is 0.208. The summed E-state index contributed by atoms with van der Waals surface area (Å²) in [6.07, 6.45) is 10.2. The molecule has 144 valence electrons. The van der Waals surface area contributed by atoms with E-state index in [0.29, 0.717) is 23.6 Å². The van der Waals surface area contributed by atoms with E-state index in [-0.39, 0.29) is 0 Å². The molecule has 0 atom stereocenters. The van der Waals surface area contributed by atoms with E-state index in [1.54, 1.807) is 12.4 Å². The van der Waals surface area contributed by atoms with Crippen LogP contribution < -0.4 is 0 Å². The zero-order valence-corrected chi connectivity index (χ0v) is 16.2. The number of benzene rings is 1. The summed E-state index contributed by atoms with van der Waals surface area (Å²) in [5.74, 6) is -0.432. The summed E-state index contributed by atoms with van der Waals surface area (Å²) in [6, 6.07) is 12.2. The summed E-state index contributed by atoms with van der Waals surface area (Å²) in [5.41, 5.74) is 6.36. The van der Waals surface area contributed by atoms with Crippen molar-refractivity contribution in [3.05, 3.63) is 83.6 Å². The molecular weight excluding hydrogens is 362 g/mol. The van der Waals surface area contributed by atoms with E-state index in [0.717, 1.165) is 46.0 Å². The Labute approximate surface area is 168 Å². The van der Waals surface area contributed by atoms with Crippen LogP contribution >= 0.6 is 0 Å². The van der Waals surface area contributed by atoms with Crippen LogP contribution in [-0.4, -0.2) is 25.6 Å². The maximum absolute atomic E-state index is 11.9. The molecule has 5 heteroatoms. The molecule has 0 aliphatic heterocycles. The number of carboxylic acids is 1. The van der Waals surface area contributed by atoms with Crippen molar-refractivity contribution < 1.29 is 9.90 Å². The van der Waals surface area contributed by atoms with Gasteiger partial charge in [0.15, 0.2) is 0 Å². The first kappa shape index (κ1) is 17.6. The van der Waals surface area contributed by atoms with Crippen LogP contribution in [-0.2, 0) is 13.5 Å². The first-order valence-electron chi connectivity index (χ1n) is 9.80. The molecule has 0 spiro atoms. The molecule has 0 bridgehead atoms. The normalized spacial score (nSPS) is 13.7. The number of carbonyl (C=O) groups is 1. The number of hydrogen-bond acceptors (Lipinski definition) is 3. The predicted molar refractivity (Wildman–Crippen MR) is 112 cm³/mol. The Balaban J connectivity index is 1.61. The first-order chi connectivity index (χ1) is 14.1. The van der Waals surface area contributed by atoms with Crippen LogP contribution in [0.3, 0.4) is 0 Å². The molecule has 0 unspecified atom stereocenters. The van der Waals surface area contributed by atoms with Crippen molar-refractivity contribution in [3.63, 3.8) is 0 Å². The van der Waals surface area contributed by atoms with Gasteiger partial charge in [0, 0.05) is 49.2 Å². The van der Waals surface area contributed by atoms with Crippen molar-refractivity contribution in [1.82, 2.24) is 14.5 Å². The second-order valence-electron chi connectivity index (χ2n) is 7.76. The fourth-order valence-electron chi connectivity index (χ4n) is 4.03. The van der Waals surface area contributed by atoms with E-state index in [4.69, 9.17) is 0 Å². The molecule has 1 aliphatic rings. The van der Waals surface area contributed by atoms with Gasteiger partial charge in [-0.1, -0.05) is 0 Å². The van der Waals surface area contributed by atoms with Crippen molar-refractivity contribution in [2.45, 2.75) is 25.2 Å². The Morgan fingerprint density at radius 1 is 1.17 bits per heavy atom. The van der Waals surface area contributed by atoms with Gasteiger partial charge in [0.2, 0.25) is 0 Å². The zero-order valence-electron chi connectivity index (χ0n) is 16.2. The number of nitrogens with zero attached hydrogens (tertiary/aromatic N) is 3. The number of aromatic carboxylic acids is 1. The minimum Gasteiger partial charge on any atom is -0.478 e. The molecule has 0 radical (unpaired) electrons. The van der Waals surface area contributed by atoms with Gasteiger partial charge in [0.25, 0.3) is 0 Å². The molecule has 1 N–H and O–H groups in total. The Hall–Kier alpha value is -3.47. The molecule has 1 aromatic carbocycles. The number of aryl methyl sites for hydroxylation is 1. The summed E-state index contributed by atoms with van der Waals surface area (Å²) in [6.45, 7) is 0. The maximum Gasteiger partial charge on any atom is 0.337 e. The van der Waals surface area contributed by atoms with Gasteiger partial charge in [0.05, 0.1) is 16.8 Å². The third-order valence-electron chi connectivity index (χ3n) is 5.66. The fourth-order valence-corrected chi connectivity index (χ4v) is 4.03. The molecule has 3 heterocycles. The summed E-state index contributed by atoms with van der Waals surface area (Å²) in [4.78, 5) is 20.5. The van der Waals surface area contributed by atoms with E-state index in [1.165, 1.54) is 0 Å². The standard InChI is InChI=1S/C24H21N3O2/c1-27-9-6-18-10-15(11-20(23(18)27)17-4-7-25-8-5-17)12-22-21(24(28)29)13-19(14-26-22)16-2-3-16/h4-11,13-14,16H,2-3,12H2,1H3,(H,28,29). The predicted octanol–water partition coefficient (Wildman–Crippen LogP) is 4.80. The molecular formula is C24H21N3O2. The lowest BCUT2D eigenvalue weighted by Gasteiger charge is -2.12. The summed E-state index contributed by atoms with van der Waals surface area (Å²) in [5, 5.41) is 10.9. The average Bonchev–Trinajstić information content (AvgIpc) is 3.52. The Morgan fingerprint density at radius 3 is 2.69 bits per heavy atom. The van der Waals surface area contributed by atoms with Gasteiger partial charge < -0.3 is 9.67 Å². The second-order valence-corrected chi connectivity index (χ2v) is 7.76. The molecule has 3 aromatic heterocycles. The highest BCUT2D eigenvalue weighted by atomic mass is 16.4. The Kier molecular flexibility index (Phi) is 4.16. The van der Waals surface area contributed by atoms with E-state index in [9.17, 15) is 9.90 Å². The van der Waals surface area contributed by atoms with Gasteiger partial charge in [-0.15, -0.1) is 0 Å². The molecule has 0 amide bonds. The van der Waals surface area contributed by atoms with Gasteiger partial charge in [-0.3, -0.25) is 9.97 Å². The Morgan fingerprint density at radius 2 is 1.97 bits per heavy atom. The average molecular weight is 383 g/mol. The van der Waals surface area contributed by atoms with Gasteiger partial charge in [0.1, 0.15) is 0 Å². The smallest absolute Gasteiger partial charge is 0.337 e. The molecule has 0 saturated heterocycles. The topological polar surface area (TPSA) is 68.0 Å². The van der Waals surface area contributed by atoms with E-state index >= 15 is 0 Å². The number of pyridine rings is 2. The Bertz CT molecular complexity index is 1220. The lowest BCUT2D eigenvalue weighted by atomic mass is 9.96. The summed E-state index contributed by atoms with van der Waals surface area (Å²) in [7, 11) is 2.04. The SMILES string of the molecule is Cn1ccc2cc(Cc3ncc(C4CC4)cc3C(=O)O)cc(-c3ccncc3)c21. The van der Waals surface area contributed by atoms with E-state index in [2.05, 4.69) is 32.7 Å². The largest absolute Gasteiger partial charge is 0.478 e. The number of rotatable bonds is 5. The van der Waals surface area contributed by atoms with Crippen LogP contribution in [0.2, 0.25) is 0 Å². The monoisotopic (exact) mass is 383 g/mol. The summed E-state index contributed by atoms with van der Waals surface area (Å²) >= 11 is 0. The molecule has 29 heavy (non-hydrogen) atoms. The van der Waals surface area contributed by atoms with Gasteiger partial charge in [-0.25, -0.2) is 4.79 Å². The highest BCUT2D eigenvalue weighted by Gasteiger charge is 2.26. The maximum atomic E-state index is 11.9. The van der Waals surface area contributed by atoms with Crippen LogP contribution in [0.15, 0.2) is 61.2 Å². The van der Waals surface area contributed by atoms with Gasteiger partial charge >= 0.3 is 5.97 Å². The highest BCUT2D eigenvalue weighted by Crippen LogP contribution is 2.40.